The third kappa shape index (κ3) is 3.36. The molecular weight excluding hydrogens is 346 g/mol. The van der Waals surface area contributed by atoms with Crippen LogP contribution in [0.4, 0.5) is 0 Å². The standard InChI is InChI=1S/C18H23N7O2/c1-12(2)16-19-17(27-21-16)14-11-25(22-20-14)13-6-4-9-24(10-13)18(26)15-7-5-8-23(15)3/h5,7-8,11-13H,4,6,9-10H2,1-3H3. The topological polar surface area (TPSA) is 94.9 Å². The molecule has 0 bridgehead atoms. The van der Waals surface area contributed by atoms with Crippen molar-refractivity contribution in [1.82, 2.24) is 34.6 Å². The summed E-state index contributed by atoms with van der Waals surface area (Å²) >= 11 is 0. The lowest BCUT2D eigenvalue weighted by Gasteiger charge is -2.32. The first-order valence-electron chi connectivity index (χ1n) is 9.19. The summed E-state index contributed by atoms with van der Waals surface area (Å²) in [5, 5.41) is 12.4. The zero-order valence-corrected chi connectivity index (χ0v) is 15.7. The number of hydrogen-bond donors (Lipinski definition) is 0. The van der Waals surface area contributed by atoms with Gasteiger partial charge in [0.25, 0.3) is 11.8 Å². The number of likely N-dealkylation sites (tertiary alicyclic amines) is 1. The Hall–Kier alpha value is -2.97. The fourth-order valence-electron chi connectivity index (χ4n) is 3.33. The normalized spacial score (nSPS) is 17.6. The van der Waals surface area contributed by atoms with Crippen molar-refractivity contribution in [2.24, 2.45) is 7.05 Å². The highest BCUT2D eigenvalue weighted by Gasteiger charge is 2.28. The lowest BCUT2D eigenvalue weighted by Crippen LogP contribution is -2.41. The minimum absolute atomic E-state index is 0.0472. The molecule has 1 fully saturated rings. The Labute approximate surface area is 157 Å². The molecule has 1 saturated heterocycles. The Morgan fingerprint density at radius 3 is 2.93 bits per heavy atom. The maximum atomic E-state index is 12.8. The molecule has 1 aliphatic heterocycles. The number of aryl methyl sites for hydroxylation is 1. The monoisotopic (exact) mass is 369 g/mol. The van der Waals surface area contributed by atoms with E-state index < -0.39 is 0 Å². The van der Waals surface area contributed by atoms with E-state index in [9.17, 15) is 4.79 Å². The second-order valence-corrected chi connectivity index (χ2v) is 7.25. The van der Waals surface area contributed by atoms with Gasteiger partial charge in [0.1, 0.15) is 5.69 Å². The Balaban J connectivity index is 1.49. The minimum atomic E-state index is 0.0472. The zero-order chi connectivity index (χ0) is 19.0. The average Bonchev–Trinajstić information content (AvgIpc) is 3.41. The maximum Gasteiger partial charge on any atom is 0.280 e. The van der Waals surface area contributed by atoms with Crippen molar-refractivity contribution in [3.63, 3.8) is 0 Å². The van der Waals surface area contributed by atoms with Gasteiger partial charge < -0.3 is 14.0 Å². The van der Waals surface area contributed by atoms with Crippen LogP contribution in [0, 0.1) is 0 Å². The van der Waals surface area contributed by atoms with E-state index >= 15 is 0 Å². The molecule has 0 N–H and O–H groups in total. The summed E-state index contributed by atoms with van der Waals surface area (Å²) in [4.78, 5) is 19.0. The Morgan fingerprint density at radius 2 is 2.22 bits per heavy atom. The minimum Gasteiger partial charge on any atom is -0.347 e. The summed E-state index contributed by atoms with van der Waals surface area (Å²) in [6.07, 6.45) is 5.57. The quantitative estimate of drug-likeness (QED) is 0.700. The van der Waals surface area contributed by atoms with Crippen molar-refractivity contribution in [3.8, 4) is 11.6 Å². The van der Waals surface area contributed by atoms with E-state index in [4.69, 9.17) is 4.52 Å². The van der Waals surface area contributed by atoms with Crippen molar-refractivity contribution >= 4 is 5.91 Å². The third-order valence-electron chi connectivity index (χ3n) is 4.91. The van der Waals surface area contributed by atoms with Gasteiger partial charge in [0, 0.05) is 32.3 Å². The van der Waals surface area contributed by atoms with Gasteiger partial charge in [-0.3, -0.25) is 4.79 Å². The molecule has 1 amide bonds. The highest BCUT2D eigenvalue weighted by atomic mass is 16.5. The molecule has 0 radical (unpaired) electrons. The molecule has 4 heterocycles. The van der Waals surface area contributed by atoms with Crippen molar-refractivity contribution in [2.45, 2.75) is 38.6 Å². The van der Waals surface area contributed by atoms with E-state index in [0.717, 1.165) is 19.4 Å². The Bertz CT molecular complexity index is 939. The molecular formula is C18H23N7O2. The van der Waals surface area contributed by atoms with Crippen LogP contribution in [0.2, 0.25) is 0 Å². The van der Waals surface area contributed by atoms with Crippen LogP contribution >= 0.6 is 0 Å². The fraction of sp³-hybridized carbons (Fsp3) is 0.500. The van der Waals surface area contributed by atoms with Crippen molar-refractivity contribution in [1.29, 1.82) is 0 Å². The molecule has 9 nitrogen and oxygen atoms in total. The number of carbonyl (C=O) groups excluding carboxylic acids is 1. The maximum absolute atomic E-state index is 12.8. The second-order valence-electron chi connectivity index (χ2n) is 7.25. The first-order valence-corrected chi connectivity index (χ1v) is 9.19. The van der Waals surface area contributed by atoms with Gasteiger partial charge in [-0.2, -0.15) is 4.98 Å². The van der Waals surface area contributed by atoms with Gasteiger partial charge in [-0.25, -0.2) is 4.68 Å². The number of hydrogen-bond acceptors (Lipinski definition) is 6. The predicted molar refractivity (Wildman–Crippen MR) is 97.0 cm³/mol. The molecule has 4 rings (SSSR count). The van der Waals surface area contributed by atoms with Crippen LogP contribution < -0.4 is 0 Å². The molecule has 0 aromatic carbocycles. The highest BCUT2D eigenvalue weighted by Crippen LogP contribution is 2.24. The first-order chi connectivity index (χ1) is 13.0. The van der Waals surface area contributed by atoms with Gasteiger partial charge in [-0.1, -0.05) is 24.2 Å². The molecule has 9 heteroatoms. The molecule has 1 unspecified atom stereocenters. The van der Waals surface area contributed by atoms with Crippen LogP contribution in [0.1, 0.15) is 55.0 Å². The SMILES string of the molecule is CC(C)c1noc(-c2cn(C3CCCN(C(=O)c4cccn4C)C3)nn2)n1. The van der Waals surface area contributed by atoms with Crippen LogP contribution in [0.5, 0.6) is 0 Å². The summed E-state index contributed by atoms with van der Waals surface area (Å²) in [6.45, 7) is 5.37. The van der Waals surface area contributed by atoms with E-state index in [1.807, 2.05) is 54.9 Å². The molecule has 142 valence electrons. The summed E-state index contributed by atoms with van der Waals surface area (Å²) in [7, 11) is 1.88. The van der Waals surface area contributed by atoms with Gasteiger partial charge >= 0.3 is 0 Å². The molecule has 0 spiro atoms. The van der Waals surface area contributed by atoms with Gasteiger partial charge in [-0.15, -0.1) is 5.10 Å². The van der Waals surface area contributed by atoms with Crippen molar-refractivity contribution in [3.05, 3.63) is 36.0 Å². The average molecular weight is 369 g/mol. The Morgan fingerprint density at radius 1 is 1.37 bits per heavy atom. The fourth-order valence-corrected chi connectivity index (χ4v) is 3.33. The molecule has 1 aliphatic rings. The predicted octanol–water partition coefficient (Wildman–Crippen LogP) is 2.27. The van der Waals surface area contributed by atoms with Crippen LogP contribution in [0.25, 0.3) is 11.6 Å². The molecule has 3 aromatic rings. The number of aromatic nitrogens is 6. The van der Waals surface area contributed by atoms with Gasteiger partial charge in [0.2, 0.25) is 0 Å². The third-order valence-corrected chi connectivity index (χ3v) is 4.91. The van der Waals surface area contributed by atoms with Crippen LogP contribution in [0.3, 0.4) is 0 Å². The van der Waals surface area contributed by atoms with Crippen molar-refractivity contribution < 1.29 is 9.32 Å². The summed E-state index contributed by atoms with van der Waals surface area (Å²) < 4.78 is 8.94. The zero-order valence-electron chi connectivity index (χ0n) is 15.7. The lowest BCUT2D eigenvalue weighted by atomic mass is 10.1. The molecule has 0 aliphatic carbocycles. The first kappa shape index (κ1) is 17.4. The van der Waals surface area contributed by atoms with Gasteiger partial charge in [0.05, 0.1) is 12.2 Å². The number of piperidine rings is 1. The molecule has 3 aromatic heterocycles. The number of amides is 1. The van der Waals surface area contributed by atoms with E-state index in [0.29, 0.717) is 29.6 Å². The van der Waals surface area contributed by atoms with Crippen LogP contribution in [-0.2, 0) is 7.05 Å². The highest BCUT2D eigenvalue weighted by molar-refractivity contribution is 5.92. The summed E-state index contributed by atoms with van der Waals surface area (Å²) in [6, 6.07) is 3.81. The molecule has 1 atom stereocenters. The van der Waals surface area contributed by atoms with Crippen LogP contribution in [-0.4, -0.2) is 53.6 Å². The van der Waals surface area contributed by atoms with Crippen molar-refractivity contribution in [2.75, 3.05) is 13.1 Å². The number of nitrogens with zero attached hydrogens (tertiary/aromatic N) is 7. The second kappa shape index (κ2) is 6.98. The lowest BCUT2D eigenvalue weighted by molar-refractivity contribution is 0.0662. The van der Waals surface area contributed by atoms with Gasteiger partial charge in [0.15, 0.2) is 11.5 Å². The van der Waals surface area contributed by atoms with E-state index in [-0.39, 0.29) is 17.9 Å². The largest absolute Gasteiger partial charge is 0.347 e. The van der Waals surface area contributed by atoms with Gasteiger partial charge in [-0.05, 0) is 25.0 Å². The van der Waals surface area contributed by atoms with E-state index in [2.05, 4.69) is 20.5 Å². The molecule has 27 heavy (non-hydrogen) atoms. The molecule has 0 saturated carbocycles. The van der Waals surface area contributed by atoms with Crippen LogP contribution in [0.15, 0.2) is 29.0 Å². The number of carbonyl (C=O) groups is 1. The number of rotatable bonds is 4. The Kier molecular flexibility index (Phi) is 4.51. The van der Waals surface area contributed by atoms with E-state index in [1.165, 1.54) is 0 Å². The summed E-state index contributed by atoms with van der Waals surface area (Å²) in [5.41, 5.74) is 1.25. The summed E-state index contributed by atoms with van der Waals surface area (Å²) in [5.74, 6) is 1.26. The smallest absolute Gasteiger partial charge is 0.280 e. The van der Waals surface area contributed by atoms with E-state index in [1.54, 1.807) is 4.68 Å².